The lowest BCUT2D eigenvalue weighted by Crippen LogP contribution is -2.26. The van der Waals surface area contributed by atoms with E-state index >= 15 is 0 Å². The molecule has 0 aromatic heterocycles. The van der Waals surface area contributed by atoms with Crippen molar-refractivity contribution in [1.29, 1.82) is 0 Å². The summed E-state index contributed by atoms with van der Waals surface area (Å²) in [6, 6.07) is 27.4. The summed E-state index contributed by atoms with van der Waals surface area (Å²) in [6.45, 7) is 0. The summed E-state index contributed by atoms with van der Waals surface area (Å²) < 4.78 is 10.6. The number of phenolic OH excluding ortho intramolecular Hbond substituents is 1. The standard InChI is InChI=1S/C31H25N3O4S/c1-37-24-12-10-21(11-13-24)26-18-25(23-9-8-20-5-3-4-6-22(20)17-23)33-34(26)30-29(39-31(36)32-30)16-19-7-14-27(35)28(15-19)38-2/h3-17,26,35H,18H2,1-2H3/b29-16-. The van der Waals surface area contributed by atoms with E-state index in [4.69, 9.17) is 14.6 Å². The number of hydrogen-bond acceptors (Lipinski definition) is 7. The Balaban J connectivity index is 1.42. The van der Waals surface area contributed by atoms with Gasteiger partial charge in [-0.2, -0.15) is 10.1 Å². The fourth-order valence-corrected chi connectivity index (χ4v) is 5.58. The number of benzene rings is 4. The van der Waals surface area contributed by atoms with E-state index in [0.717, 1.165) is 45.3 Å². The topological polar surface area (TPSA) is 83.7 Å². The quantitative estimate of drug-likeness (QED) is 0.296. The number of thioether (sulfide) groups is 1. The van der Waals surface area contributed by atoms with Crippen LogP contribution in [0.15, 0.2) is 99.9 Å². The van der Waals surface area contributed by atoms with Gasteiger partial charge in [-0.25, -0.2) is 5.01 Å². The Bertz CT molecular complexity index is 1680. The molecule has 6 rings (SSSR count). The molecule has 39 heavy (non-hydrogen) atoms. The maximum atomic E-state index is 12.6. The smallest absolute Gasteiger partial charge is 0.311 e. The lowest BCUT2D eigenvalue weighted by atomic mass is 9.97. The van der Waals surface area contributed by atoms with Gasteiger partial charge in [0.15, 0.2) is 17.3 Å². The Labute approximate surface area is 230 Å². The molecule has 1 unspecified atom stereocenters. The minimum atomic E-state index is -0.301. The molecule has 1 atom stereocenters. The molecule has 1 N–H and O–H groups in total. The van der Waals surface area contributed by atoms with Crippen LogP contribution >= 0.6 is 11.8 Å². The number of hydrogen-bond donors (Lipinski definition) is 1. The molecule has 4 aromatic rings. The highest BCUT2D eigenvalue weighted by atomic mass is 32.2. The Morgan fingerprint density at radius 1 is 0.949 bits per heavy atom. The number of aliphatic imine (C=N–C) groups is 1. The van der Waals surface area contributed by atoms with E-state index in [0.29, 0.717) is 22.9 Å². The van der Waals surface area contributed by atoms with Crippen LogP contribution in [0.2, 0.25) is 0 Å². The van der Waals surface area contributed by atoms with Crippen molar-refractivity contribution in [3.8, 4) is 17.2 Å². The molecule has 2 aliphatic heterocycles. The van der Waals surface area contributed by atoms with Crippen molar-refractivity contribution < 1.29 is 19.4 Å². The number of carbonyl (C=O) groups excluding carboxylic acids is 1. The normalized spacial score (nSPS) is 18.0. The van der Waals surface area contributed by atoms with Gasteiger partial charge in [0.05, 0.1) is 30.9 Å². The number of amidine groups is 1. The van der Waals surface area contributed by atoms with Gasteiger partial charge in [0.2, 0.25) is 0 Å². The third kappa shape index (κ3) is 4.86. The van der Waals surface area contributed by atoms with Crippen molar-refractivity contribution in [2.45, 2.75) is 12.5 Å². The molecule has 0 radical (unpaired) electrons. The first-order chi connectivity index (χ1) is 19.0. The Morgan fingerprint density at radius 2 is 1.74 bits per heavy atom. The number of phenols is 1. The second-order valence-corrected chi connectivity index (χ2v) is 10.2. The van der Waals surface area contributed by atoms with Crippen LogP contribution in [-0.2, 0) is 0 Å². The van der Waals surface area contributed by atoms with E-state index in [1.165, 1.54) is 12.5 Å². The van der Waals surface area contributed by atoms with Crippen molar-refractivity contribution in [1.82, 2.24) is 5.01 Å². The molecule has 0 aliphatic carbocycles. The average molecular weight is 536 g/mol. The fourth-order valence-electron chi connectivity index (χ4n) is 4.83. The van der Waals surface area contributed by atoms with Crippen molar-refractivity contribution >= 4 is 45.4 Å². The maximum Gasteiger partial charge on any atom is 0.311 e. The number of methoxy groups -OCH3 is 2. The monoisotopic (exact) mass is 535 g/mol. The number of fused-ring (bicyclic) bond motifs is 1. The van der Waals surface area contributed by atoms with Crippen LogP contribution in [0.25, 0.3) is 16.8 Å². The number of ether oxygens (including phenoxy) is 2. The molecule has 0 spiro atoms. The zero-order valence-electron chi connectivity index (χ0n) is 21.4. The van der Waals surface area contributed by atoms with Gasteiger partial charge in [0.1, 0.15) is 5.75 Å². The van der Waals surface area contributed by atoms with Crippen molar-refractivity contribution in [3.63, 3.8) is 0 Å². The zero-order valence-corrected chi connectivity index (χ0v) is 22.2. The van der Waals surface area contributed by atoms with E-state index in [1.807, 2.05) is 47.5 Å². The third-order valence-corrected chi connectivity index (χ3v) is 7.61. The van der Waals surface area contributed by atoms with E-state index in [1.54, 1.807) is 25.3 Å². The first-order valence-electron chi connectivity index (χ1n) is 12.4. The maximum absolute atomic E-state index is 12.6. The first kappa shape index (κ1) is 24.8. The van der Waals surface area contributed by atoms with E-state index < -0.39 is 0 Å². The molecular formula is C31H25N3O4S. The van der Waals surface area contributed by atoms with Crippen molar-refractivity contribution in [2.24, 2.45) is 10.1 Å². The third-order valence-electron chi connectivity index (χ3n) is 6.83. The molecule has 8 heteroatoms. The minimum Gasteiger partial charge on any atom is -0.504 e. The average Bonchev–Trinajstić information content (AvgIpc) is 3.57. The lowest BCUT2D eigenvalue weighted by Gasteiger charge is -2.24. The van der Waals surface area contributed by atoms with Crippen molar-refractivity contribution in [3.05, 3.63) is 107 Å². The molecule has 0 fully saturated rings. The van der Waals surface area contributed by atoms with E-state index in [9.17, 15) is 9.90 Å². The number of carbonyl (C=O) groups is 1. The van der Waals surface area contributed by atoms with Gasteiger partial charge in [-0.1, -0.05) is 54.6 Å². The molecule has 0 bridgehead atoms. The van der Waals surface area contributed by atoms with Gasteiger partial charge in [0, 0.05) is 6.42 Å². The lowest BCUT2D eigenvalue weighted by molar-refractivity contribution is 0.267. The summed E-state index contributed by atoms with van der Waals surface area (Å²) in [6.07, 6.45) is 2.51. The summed E-state index contributed by atoms with van der Waals surface area (Å²) in [4.78, 5) is 17.6. The summed E-state index contributed by atoms with van der Waals surface area (Å²) in [7, 11) is 3.14. The number of nitrogens with zero attached hydrogens (tertiary/aromatic N) is 3. The molecule has 4 aromatic carbocycles. The van der Waals surface area contributed by atoms with Crippen LogP contribution in [0, 0.1) is 0 Å². The molecule has 2 heterocycles. The predicted molar refractivity (Wildman–Crippen MR) is 156 cm³/mol. The zero-order chi connectivity index (χ0) is 26.9. The Kier molecular flexibility index (Phi) is 6.54. The van der Waals surface area contributed by atoms with E-state index in [2.05, 4.69) is 35.3 Å². The fraction of sp³-hybridized carbons (Fsp3) is 0.129. The van der Waals surface area contributed by atoms with Gasteiger partial charge >= 0.3 is 5.24 Å². The summed E-state index contributed by atoms with van der Waals surface area (Å²) >= 11 is 1.06. The second-order valence-electron chi connectivity index (χ2n) is 9.19. The highest BCUT2D eigenvalue weighted by Crippen LogP contribution is 2.40. The largest absolute Gasteiger partial charge is 0.504 e. The molecule has 1 amide bonds. The molecule has 7 nitrogen and oxygen atoms in total. The Morgan fingerprint density at radius 3 is 2.51 bits per heavy atom. The molecule has 2 aliphatic rings. The van der Waals surface area contributed by atoms with Gasteiger partial charge in [-0.05, 0) is 75.6 Å². The first-order valence-corrected chi connectivity index (χ1v) is 13.2. The van der Waals surface area contributed by atoms with Gasteiger partial charge in [-0.15, -0.1) is 0 Å². The van der Waals surface area contributed by atoms with Crippen LogP contribution in [0.1, 0.15) is 29.2 Å². The van der Waals surface area contributed by atoms with Crippen molar-refractivity contribution in [2.75, 3.05) is 14.2 Å². The van der Waals surface area contributed by atoms with Gasteiger partial charge in [0.25, 0.3) is 0 Å². The van der Waals surface area contributed by atoms with Crippen LogP contribution in [0.4, 0.5) is 4.79 Å². The molecule has 194 valence electrons. The van der Waals surface area contributed by atoms with Gasteiger partial charge < -0.3 is 14.6 Å². The van der Waals surface area contributed by atoms with Gasteiger partial charge in [-0.3, -0.25) is 4.79 Å². The second kappa shape index (κ2) is 10.3. The number of hydrazone groups is 1. The minimum absolute atomic E-state index is 0.0485. The van der Waals surface area contributed by atoms with E-state index in [-0.39, 0.29) is 17.0 Å². The van der Waals surface area contributed by atoms with Crippen LogP contribution in [0.3, 0.4) is 0 Å². The summed E-state index contributed by atoms with van der Waals surface area (Å²) in [5, 5.41) is 18.9. The number of amides is 1. The molecule has 0 saturated carbocycles. The summed E-state index contributed by atoms with van der Waals surface area (Å²) in [5.41, 5.74) is 3.75. The highest BCUT2D eigenvalue weighted by Gasteiger charge is 2.37. The molecular weight excluding hydrogens is 510 g/mol. The van der Waals surface area contributed by atoms with Crippen LogP contribution < -0.4 is 9.47 Å². The number of rotatable bonds is 5. The highest BCUT2D eigenvalue weighted by molar-refractivity contribution is 8.18. The van der Waals surface area contributed by atoms with Crippen LogP contribution in [0.5, 0.6) is 17.2 Å². The molecule has 0 saturated heterocycles. The predicted octanol–water partition coefficient (Wildman–Crippen LogP) is 7.02. The summed E-state index contributed by atoms with van der Waals surface area (Å²) in [5.74, 6) is 1.66. The Hall–Kier alpha value is -4.56. The SMILES string of the molecule is COc1ccc(C2CC(c3ccc4ccccc4c3)=NN2C2=NC(=O)S/C2=C\c2ccc(O)c(OC)c2)cc1. The van der Waals surface area contributed by atoms with Crippen LogP contribution in [-0.4, -0.2) is 41.1 Å². The number of aromatic hydroxyl groups is 1.